The Balaban J connectivity index is 1.48. The zero-order valence-corrected chi connectivity index (χ0v) is 19.0. The van der Waals surface area contributed by atoms with Crippen molar-refractivity contribution in [1.29, 1.82) is 0 Å². The molecule has 1 heterocycles. The highest BCUT2D eigenvalue weighted by molar-refractivity contribution is 6.24. The van der Waals surface area contributed by atoms with Crippen LogP contribution in [0.1, 0.15) is 16.7 Å². The van der Waals surface area contributed by atoms with Crippen molar-refractivity contribution in [2.45, 2.75) is 6.92 Å². The second-order valence-corrected chi connectivity index (χ2v) is 9.29. The lowest BCUT2D eigenvalue weighted by atomic mass is 9.85. The van der Waals surface area contributed by atoms with E-state index in [1.807, 2.05) is 36.4 Å². The molecule has 1 saturated heterocycles. The highest BCUT2D eigenvalue weighted by atomic mass is 16.6. The lowest BCUT2D eigenvalue weighted by molar-refractivity contribution is -0.384. The Morgan fingerprint density at radius 2 is 1.31 bits per heavy atom. The van der Waals surface area contributed by atoms with Crippen molar-refractivity contribution < 1.29 is 14.5 Å². The first-order valence-corrected chi connectivity index (χ1v) is 11.6. The maximum atomic E-state index is 13.7. The molecule has 1 saturated carbocycles. The van der Waals surface area contributed by atoms with E-state index in [1.54, 1.807) is 13.0 Å². The first-order chi connectivity index (χ1) is 17.0. The van der Waals surface area contributed by atoms with E-state index in [0.29, 0.717) is 11.3 Å². The highest BCUT2D eigenvalue weighted by Crippen LogP contribution is 2.59. The Morgan fingerprint density at radius 3 is 1.80 bits per heavy atom. The lowest BCUT2D eigenvalue weighted by Crippen LogP contribution is -2.34. The van der Waals surface area contributed by atoms with Gasteiger partial charge in [0.25, 0.3) is 5.69 Å². The average Bonchev–Trinajstić information content (AvgIpc) is 3.50. The number of anilines is 1. The molecule has 1 aliphatic heterocycles. The number of nitro groups is 1. The second-order valence-electron chi connectivity index (χ2n) is 9.29. The molecule has 0 aromatic heterocycles. The van der Waals surface area contributed by atoms with E-state index in [9.17, 15) is 19.7 Å². The number of hydrogen-bond acceptors (Lipinski definition) is 4. The maximum Gasteiger partial charge on any atom is 0.271 e. The van der Waals surface area contributed by atoms with E-state index >= 15 is 0 Å². The number of nitro benzene ring substituents is 1. The van der Waals surface area contributed by atoms with Crippen LogP contribution in [0.4, 0.5) is 11.4 Å². The minimum atomic E-state index is -0.507. The molecule has 0 unspecified atom stereocenters. The van der Waals surface area contributed by atoms with Crippen LogP contribution < -0.4 is 4.90 Å². The minimum Gasteiger partial charge on any atom is -0.274 e. The summed E-state index contributed by atoms with van der Waals surface area (Å²) < 4.78 is 0. The van der Waals surface area contributed by atoms with Gasteiger partial charge >= 0.3 is 0 Å². The second kappa shape index (κ2) is 7.87. The Morgan fingerprint density at radius 1 is 0.800 bits per heavy atom. The van der Waals surface area contributed by atoms with Crippen molar-refractivity contribution in [3.63, 3.8) is 0 Å². The third kappa shape index (κ3) is 3.10. The summed E-state index contributed by atoms with van der Waals surface area (Å²) in [5, 5.41) is 11.3. The minimum absolute atomic E-state index is 0.139. The first-order valence-electron chi connectivity index (χ1n) is 11.6. The Labute approximate surface area is 202 Å². The number of fused-ring (bicyclic) bond motifs is 5. The van der Waals surface area contributed by atoms with Gasteiger partial charge in [0.05, 0.1) is 22.4 Å². The zero-order valence-electron chi connectivity index (χ0n) is 19.0. The van der Waals surface area contributed by atoms with E-state index in [0.717, 1.165) is 22.3 Å². The fourth-order valence-electron chi connectivity index (χ4n) is 6.00. The van der Waals surface area contributed by atoms with Crippen LogP contribution in [0.2, 0.25) is 0 Å². The smallest absolute Gasteiger partial charge is 0.271 e. The zero-order chi connectivity index (χ0) is 24.3. The van der Waals surface area contributed by atoms with E-state index in [4.69, 9.17) is 0 Å². The molecule has 6 rings (SSSR count). The number of imide groups is 1. The summed E-state index contributed by atoms with van der Waals surface area (Å²) >= 11 is 0. The fraction of sp³-hybridized carbons (Fsp3) is 0.172. The normalized spacial score (nSPS) is 24.3. The van der Waals surface area contributed by atoms with Gasteiger partial charge in [0.2, 0.25) is 11.8 Å². The Bertz CT molecular complexity index is 1370. The van der Waals surface area contributed by atoms with Gasteiger partial charge in [0.15, 0.2) is 0 Å². The van der Waals surface area contributed by atoms with Crippen LogP contribution in [-0.2, 0) is 9.59 Å². The molecule has 3 aliphatic rings. The summed E-state index contributed by atoms with van der Waals surface area (Å²) in [5.74, 6) is -1.96. The number of non-ortho nitro benzene ring substituents is 1. The molecule has 172 valence electrons. The van der Waals surface area contributed by atoms with Crippen LogP contribution in [0.5, 0.6) is 0 Å². The van der Waals surface area contributed by atoms with Crippen LogP contribution in [0.3, 0.4) is 0 Å². The maximum absolute atomic E-state index is 13.7. The predicted octanol–water partition coefficient (Wildman–Crippen LogP) is 5.33. The summed E-state index contributed by atoms with van der Waals surface area (Å²) in [4.78, 5) is 39.5. The Kier molecular flexibility index (Phi) is 4.78. The van der Waals surface area contributed by atoms with Crippen molar-refractivity contribution in [3.05, 3.63) is 123 Å². The van der Waals surface area contributed by atoms with Crippen LogP contribution in [0, 0.1) is 40.7 Å². The van der Waals surface area contributed by atoms with Gasteiger partial charge in [-0.25, -0.2) is 4.90 Å². The molecule has 2 amide bonds. The number of amides is 2. The summed E-state index contributed by atoms with van der Waals surface area (Å²) in [7, 11) is 0. The van der Waals surface area contributed by atoms with Gasteiger partial charge in [0.1, 0.15) is 0 Å². The summed E-state index contributed by atoms with van der Waals surface area (Å²) in [5.41, 5.74) is 5.11. The molecule has 2 bridgehead atoms. The third-order valence-electron chi connectivity index (χ3n) is 7.47. The third-order valence-corrected chi connectivity index (χ3v) is 7.47. The number of benzene rings is 3. The quantitative estimate of drug-likeness (QED) is 0.227. The largest absolute Gasteiger partial charge is 0.274 e. The summed E-state index contributed by atoms with van der Waals surface area (Å²) in [6.45, 7) is 1.76. The molecule has 0 radical (unpaired) electrons. The summed E-state index contributed by atoms with van der Waals surface area (Å²) in [6.07, 6.45) is 4.12. The molecule has 0 spiro atoms. The van der Waals surface area contributed by atoms with Crippen LogP contribution in [0.25, 0.3) is 5.57 Å². The average molecular weight is 463 g/mol. The van der Waals surface area contributed by atoms with Crippen molar-refractivity contribution >= 4 is 28.8 Å². The van der Waals surface area contributed by atoms with Gasteiger partial charge in [-0.3, -0.25) is 19.7 Å². The molecule has 2 fully saturated rings. The number of aryl methyl sites for hydroxylation is 1. The van der Waals surface area contributed by atoms with Crippen molar-refractivity contribution in [2.24, 2.45) is 23.7 Å². The van der Waals surface area contributed by atoms with Crippen LogP contribution in [0.15, 0.2) is 96.6 Å². The molecule has 2 aliphatic carbocycles. The van der Waals surface area contributed by atoms with E-state index in [1.165, 1.54) is 17.0 Å². The van der Waals surface area contributed by atoms with Crippen molar-refractivity contribution in [2.75, 3.05) is 4.90 Å². The van der Waals surface area contributed by atoms with Gasteiger partial charge in [-0.15, -0.1) is 0 Å². The number of nitrogens with zero attached hydrogens (tertiary/aromatic N) is 2. The van der Waals surface area contributed by atoms with Crippen molar-refractivity contribution in [1.82, 2.24) is 0 Å². The van der Waals surface area contributed by atoms with E-state index in [-0.39, 0.29) is 29.3 Å². The van der Waals surface area contributed by atoms with Gasteiger partial charge in [-0.05, 0) is 34.8 Å². The Hall–Kier alpha value is -4.32. The SMILES string of the molecule is Cc1ccc([N+](=O)[O-])cc1N1C(=O)[C@@H]2[C@H](C1=O)[C@@H]1C=C[C@H]2C1=C(c1ccccc1)c1ccccc1. The number of rotatable bonds is 4. The fourth-order valence-corrected chi connectivity index (χ4v) is 6.00. The van der Waals surface area contributed by atoms with Gasteiger partial charge in [-0.2, -0.15) is 0 Å². The monoisotopic (exact) mass is 462 g/mol. The number of hydrogen-bond donors (Lipinski definition) is 0. The van der Waals surface area contributed by atoms with Crippen LogP contribution in [-0.4, -0.2) is 16.7 Å². The topological polar surface area (TPSA) is 80.5 Å². The van der Waals surface area contributed by atoms with Gasteiger partial charge in [0, 0.05) is 24.0 Å². The number of allylic oxidation sites excluding steroid dienone is 3. The van der Waals surface area contributed by atoms with Crippen molar-refractivity contribution in [3.8, 4) is 0 Å². The van der Waals surface area contributed by atoms with E-state index in [2.05, 4.69) is 36.4 Å². The lowest BCUT2D eigenvalue weighted by Gasteiger charge is -2.22. The molecular weight excluding hydrogens is 440 g/mol. The molecule has 4 atom stereocenters. The van der Waals surface area contributed by atoms with Crippen LogP contribution >= 0.6 is 0 Å². The molecule has 6 heteroatoms. The molecule has 6 nitrogen and oxygen atoms in total. The number of carbonyl (C=O) groups excluding carboxylic acids is 2. The molecule has 35 heavy (non-hydrogen) atoms. The molecule has 0 N–H and O–H groups in total. The molecular formula is C29H22N2O4. The van der Waals surface area contributed by atoms with E-state index < -0.39 is 16.8 Å². The van der Waals surface area contributed by atoms with Gasteiger partial charge in [-0.1, -0.05) is 78.9 Å². The number of carbonyl (C=O) groups is 2. The van der Waals surface area contributed by atoms with Gasteiger partial charge < -0.3 is 0 Å². The molecule has 3 aromatic rings. The molecule has 3 aromatic carbocycles. The highest BCUT2D eigenvalue weighted by Gasteiger charge is 2.62. The first kappa shape index (κ1) is 21.2. The predicted molar refractivity (Wildman–Crippen MR) is 132 cm³/mol. The summed E-state index contributed by atoms with van der Waals surface area (Å²) in [6, 6.07) is 24.5. The standard InChI is InChI=1S/C29H22N2O4/c1-17-12-13-20(31(34)35)16-23(17)30-28(32)26-21-14-15-22(27(26)29(30)33)25(21)24(18-8-4-2-5-9-18)19-10-6-3-7-11-19/h2-16,21-22,26-27H,1H3/t21-,22+,26-,27+.